The molecule has 1 aliphatic carbocycles. The van der Waals surface area contributed by atoms with E-state index >= 15 is 0 Å². The largest absolute Gasteiger partial charge is 0.457 e. The minimum absolute atomic E-state index is 0.0197. The van der Waals surface area contributed by atoms with Gasteiger partial charge in [-0.2, -0.15) is 0 Å². The van der Waals surface area contributed by atoms with Crippen LogP contribution in [-0.4, -0.2) is 60.3 Å². The molecule has 0 bridgehead atoms. The first kappa shape index (κ1) is 34.1. The number of nitrogens with one attached hydrogen (secondary N) is 1. The Morgan fingerprint density at radius 1 is 1.02 bits per heavy atom. The van der Waals surface area contributed by atoms with Crippen LogP contribution in [0.15, 0.2) is 42.5 Å². The first-order valence-corrected chi connectivity index (χ1v) is 16.9. The summed E-state index contributed by atoms with van der Waals surface area (Å²) in [4.78, 5) is 23.2. The van der Waals surface area contributed by atoms with E-state index in [1.807, 2.05) is 18.2 Å². The van der Waals surface area contributed by atoms with E-state index in [2.05, 4.69) is 47.9 Å². The van der Waals surface area contributed by atoms with Gasteiger partial charge in [-0.15, -0.1) is 0 Å². The van der Waals surface area contributed by atoms with Crippen LogP contribution in [0.3, 0.4) is 0 Å². The Morgan fingerprint density at radius 2 is 1.73 bits per heavy atom. The van der Waals surface area contributed by atoms with E-state index in [1.54, 1.807) is 6.07 Å². The number of para-hydroxylation sites is 2. The maximum atomic E-state index is 14.0. The first-order chi connectivity index (χ1) is 21.3. The monoisotopic (exact) mass is 607 g/mol. The van der Waals surface area contributed by atoms with Crippen LogP contribution >= 0.6 is 0 Å². The van der Waals surface area contributed by atoms with Crippen LogP contribution < -0.4 is 0 Å². The molecule has 1 heterocycles. The molecule has 1 aliphatic rings. The molecule has 4 rings (SSSR count). The number of aryl methyl sites for hydroxylation is 2. The highest BCUT2D eigenvalue weighted by Crippen LogP contribution is 2.48. The molecule has 3 aromatic rings. The number of halogens is 1. The number of methoxy groups -OCH3 is 1. The lowest BCUT2D eigenvalue weighted by atomic mass is 9.65. The quantitative estimate of drug-likeness (QED) is 0.110. The van der Waals surface area contributed by atoms with E-state index in [0.717, 1.165) is 53.9 Å². The highest BCUT2D eigenvalue weighted by atomic mass is 19.1. The number of carbonyl (C=O) groups excluding carboxylic acids is 1. The van der Waals surface area contributed by atoms with Crippen molar-refractivity contribution in [3.63, 3.8) is 0 Å². The molecule has 0 amide bonds. The van der Waals surface area contributed by atoms with E-state index < -0.39 is 5.60 Å². The summed E-state index contributed by atoms with van der Waals surface area (Å²) < 4.78 is 25.4. The highest BCUT2D eigenvalue weighted by molar-refractivity contribution is 5.74. The van der Waals surface area contributed by atoms with Crippen LogP contribution in [-0.2, 0) is 27.1 Å². The Morgan fingerprint density at radius 3 is 2.43 bits per heavy atom. The Kier molecular flexibility index (Phi) is 13.2. The number of rotatable bonds is 19. The third-order valence-corrected chi connectivity index (χ3v) is 9.38. The van der Waals surface area contributed by atoms with Gasteiger partial charge in [0.05, 0.1) is 11.0 Å². The van der Waals surface area contributed by atoms with Crippen molar-refractivity contribution in [2.24, 2.45) is 5.92 Å². The molecule has 0 radical (unpaired) electrons. The van der Waals surface area contributed by atoms with E-state index in [1.165, 1.54) is 71.0 Å². The second kappa shape index (κ2) is 17.1. The van der Waals surface area contributed by atoms with Gasteiger partial charge in [0.1, 0.15) is 23.8 Å². The zero-order valence-corrected chi connectivity index (χ0v) is 27.5. The number of unbranched alkanes of at least 4 members (excludes halogenated alkanes) is 8. The van der Waals surface area contributed by atoms with Crippen molar-refractivity contribution in [2.75, 3.05) is 33.9 Å². The zero-order valence-electron chi connectivity index (χ0n) is 27.5. The number of imidazole rings is 1. The molecule has 1 N–H and O–H groups in total. The summed E-state index contributed by atoms with van der Waals surface area (Å²) in [5, 5.41) is 0. The van der Waals surface area contributed by atoms with Gasteiger partial charge in [-0.3, -0.25) is 0 Å². The van der Waals surface area contributed by atoms with Gasteiger partial charge in [0.2, 0.25) is 0 Å². The van der Waals surface area contributed by atoms with Crippen molar-refractivity contribution in [1.82, 2.24) is 14.9 Å². The van der Waals surface area contributed by atoms with E-state index in [0.29, 0.717) is 12.8 Å². The zero-order chi connectivity index (χ0) is 31.4. The third kappa shape index (κ3) is 9.61. The molecule has 1 aromatic heterocycles. The van der Waals surface area contributed by atoms with Crippen molar-refractivity contribution in [3.8, 4) is 0 Å². The molecule has 0 unspecified atom stereocenters. The Bertz CT molecular complexity index is 1280. The Labute approximate surface area is 264 Å². The molecule has 242 valence electrons. The van der Waals surface area contributed by atoms with Crippen LogP contribution in [0.25, 0.3) is 11.0 Å². The summed E-state index contributed by atoms with van der Waals surface area (Å²) in [6.07, 6.45) is 14.6. The van der Waals surface area contributed by atoms with Crippen LogP contribution in [0.1, 0.15) is 107 Å². The summed E-state index contributed by atoms with van der Waals surface area (Å²) in [5.74, 6) is 0.851. The van der Waals surface area contributed by atoms with Crippen LogP contribution in [0, 0.1) is 11.7 Å². The summed E-state index contributed by atoms with van der Waals surface area (Å²) in [6, 6.07) is 13.3. The van der Waals surface area contributed by atoms with Gasteiger partial charge in [0.25, 0.3) is 0 Å². The fraction of sp³-hybridized carbons (Fsp3) is 0.622. The Balaban J connectivity index is 1.13. The van der Waals surface area contributed by atoms with Crippen molar-refractivity contribution in [3.05, 3.63) is 65.2 Å². The van der Waals surface area contributed by atoms with Gasteiger partial charge in [0.15, 0.2) is 0 Å². The van der Waals surface area contributed by atoms with Gasteiger partial charge in [0, 0.05) is 32.4 Å². The number of ether oxygens (including phenoxy) is 2. The molecular weight excluding hydrogens is 553 g/mol. The smallest absolute Gasteiger partial charge is 0.332 e. The SMILES string of the molecule is COCC(=O)O[C@]1(CCN(C)CCCCCCCCCCCc2nc3ccccc3[nH]2)CCc2cc(F)ccc2[C@@H]1C(C)C. The summed E-state index contributed by atoms with van der Waals surface area (Å²) in [5.41, 5.74) is 3.74. The lowest BCUT2D eigenvalue weighted by Gasteiger charge is -2.47. The highest BCUT2D eigenvalue weighted by Gasteiger charge is 2.47. The third-order valence-electron chi connectivity index (χ3n) is 9.38. The second-order valence-electron chi connectivity index (χ2n) is 13.2. The topological polar surface area (TPSA) is 67.5 Å². The van der Waals surface area contributed by atoms with E-state index in [9.17, 15) is 9.18 Å². The molecular formula is C37H54FN3O3. The lowest BCUT2D eigenvalue weighted by molar-refractivity contribution is -0.172. The van der Waals surface area contributed by atoms with Crippen LogP contribution in [0.5, 0.6) is 0 Å². The molecule has 0 saturated heterocycles. The normalized spacial score (nSPS) is 18.3. The van der Waals surface area contributed by atoms with Gasteiger partial charge >= 0.3 is 5.97 Å². The number of aromatic amines is 1. The van der Waals surface area contributed by atoms with Crippen molar-refractivity contribution in [1.29, 1.82) is 0 Å². The molecule has 0 saturated carbocycles. The number of H-pyrrole nitrogens is 1. The standard InChI is InChI=1S/C37H54FN3O3/c1-28(2)36-31-20-19-30(38)26-29(31)21-22-37(36,44-35(42)27-43-4)23-25-41(3)24-15-11-9-7-5-6-8-10-12-18-34-39-32-16-13-14-17-33(32)40-34/h13-14,16-17,19-20,26,28,36H,5-12,15,18,21-25,27H2,1-4H3,(H,39,40)/t36-,37-/m0/s1. The maximum absolute atomic E-state index is 14.0. The molecule has 0 aliphatic heterocycles. The number of carbonyl (C=O) groups is 1. The number of hydrogen-bond acceptors (Lipinski definition) is 5. The summed E-state index contributed by atoms with van der Waals surface area (Å²) in [6.45, 7) is 6.19. The molecule has 2 atom stereocenters. The average Bonchev–Trinajstić information content (AvgIpc) is 3.42. The number of benzene rings is 2. The van der Waals surface area contributed by atoms with Crippen LogP contribution in [0.2, 0.25) is 0 Å². The van der Waals surface area contributed by atoms with Gasteiger partial charge < -0.3 is 19.4 Å². The fourth-order valence-electron chi connectivity index (χ4n) is 7.19. The molecule has 44 heavy (non-hydrogen) atoms. The predicted octanol–water partition coefficient (Wildman–Crippen LogP) is 8.39. The Hall–Kier alpha value is -2.77. The van der Waals surface area contributed by atoms with Crippen molar-refractivity contribution >= 4 is 17.0 Å². The predicted molar refractivity (Wildman–Crippen MR) is 176 cm³/mol. The molecule has 0 spiro atoms. The molecule has 7 heteroatoms. The summed E-state index contributed by atoms with van der Waals surface area (Å²) in [7, 11) is 3.69. The number of hydrogen-bond donors (Lipinski definition) is 1. The maximum Gasteiger partial charge on any atom is 0.332 e. The van der Waals surface area contributed by atoms with Gasteiger partial charge in [-0.25, -0.2) is 14.2 Å². The first-order valence-electron chi connectivity index (χ1n) is 16.9. The van der Waals surface area contributed by atoms with E-state index in [-0.39, 0.29) is 30.2 Å². The van der Waals surface area contributed by atoms with Crippen molar-refractivity contribution < 1.29 is 18.7 Å². The fourth-order valence-corrected chi connectivity index (χ4v) is 7.19. The minimum Gasteiger partial charge on any atom is -0.457 e. The number of esters is 1. The molecule has 0 fully saturated rings. The number of fused-ring (bicyclic) bond motifs is 2. The van der Waals surface area contributed by atoms with Crippen LogP contribution in [0.4, 0.5) is 4.39 Å². The van der Waals surface area contributed by atoms with Crippen molar-refractivity contribution in [2.45, 2.75) is 109 Å². The van der Waals surface area contributed by atoms with Gasteiger partial charge in [-0.05, 0) is 80.6 Å². The number of nitrogens with zero attached hydrogens (tertiary/aromatic N) is 2. The average molecular weight is 608 g/mol. The second-order valence-corrected chi connectivity index (χ2v) is 13.2. The summed E-state index contributed by atoms with van der Waals surface area (Å²) >= 11 is 0. The van der Waals surface area contributed by atoms with E-state index in [4.69, 9.17) is 9.47 Å². The molecule has 2 aromatic carbocycles. The lowest BCUT2D eigenvalue weighted by Crippen LogP contribution is -2.49. The number of aromatic nitrogens is 2. The minimum atomic E-state index is -0.616. The molecule has 6 nitrogen and oxygen atoms in total. The van der Waals surface area contributed by atoms with Gasteiger partial charge in [-0.1, -0.05) is 77.0 Å².